The largest absolute Gasteiger partial charge is 0.508 e. The molecular weight excluding hydrogens is 523 g/mol. The van der Waals surface area contributed by atoms with Gasteiger partial charge in [0.05, 0.1) is 34.3 Å². The minimum atomic E-state index is -1.44. The summed E-state index contributed by atoms with van der Waals surface area (Å²) >= 11 is 0. The van der Waals surface area contributed by atoms with Gasteiger partial charge in [-0.25, -0.2) is 17.6 Å². The molecule has 0 unspecified atom stereocenters. The Hall–Kier alpha value is -3.08. The maximum atomic E-state index is 15.3. The Bertz CT molecular complexity index is 1230. The van der Waals surface area contributed by atoms with Crippen LogP contribution in [0.1, 0.15) is 23.7 Å². The maximum Gasteiger partial charge on any atom is 0.258 e. The summed E-state index contributed by atoms with van der Waals surface area (Å²) in [5.74, 6) is -6.86. The average molecular weight is 547 g/mol. The van der Waals surface area contributed by atoms with Crippen LogP contribution < -0.4 is 16.0 Å². The number of benzene rings is 2. The Balaban J connectivity index is 0.00000228. The fourth-order valence-corrected chi connectivity index (χ4v) is 4.30. The van der Waals surface area contributed by atoms with Crippen molar-refractivity contribution in [1.29, 1.82) is 0 Å². The lowest BCUT2D eigenvalue weighted by atomic mass is 9.96. The van der Waals surface area contributed by atoms with Gasteiger partial charge in [0.25, 0.3) is 5.91 Å². The Labute approximate surface area is 217 Å². The van der Waals surface area contributed by atoms with E-state index in [9.17, 15) is 23.1 Å². The van der Waals surface area contributed by atoms with Gasteiger partial charge in [0.1, 0.15) is 29.0 Å². The summed E-state index contributed by atoms with van der Waals surface area (Å²) in [6.07, 6.45) is 3.79. The van der Waals surface area contributed by atoms with Crippen LogP contribution in [0.15, 0.2) is 42.7 Å². The first-order valence-electron chi connectivity index (χ1n) is 10.6. The predicted molar refractivity (Wildman–Crippen MR) is 134 cm³/mol. The molecule has 4 rings (SSSR count). The molecule has 0 radical (unpaired) electrons. The number of aromatic hydroxyl groups is 1. The lowest BCUT2D eigenvalue weighted by Gasteiger charge is -2.37. The predicted octanol–water partition coefficient (Wildman–Crippen LogP) is 5.28. The highest BCUT2D eigenvalue weighted by molar-refractivity contribution is 6.06. The van der Waals surface area contributed by atoms with E-state index in [4.69, 9.17) is 5.73 Å². The Morgan fingerprint density at radius 1 is 1.06 bits per heavy atom. The van der Waals surface area contributed by atoms with Crippen LogP contribution in [-0.2, 0) is 0 Å². The van der Waals surface area contributed by atoms with E-state index in [1.807, 2.05) is 4.90 Å². The van der Waals surface area contributed by atoms with Crippen molar-refractivity contribution in [2.75, 3.05) is 23.3 Å². The molecule has 194 valence electrons. The molecule has 2 heterocycles. The molecule has 1 saturated heterocycles. The normalized spacial score (nSPS) is 17.1. The molecule has 12 heteroatoms. The van der Waals surface area contributed by atoms with Gasteiger partial charge in [0.2, 0.25) is 0 Å². The quantitative estimate of drug-likeness (QED) is 0.387. The number of carbonyl (C=O) groups is 1. The number of aromatic nitrogens is 1. The Kier molecular flexibility index (Phi) is 9.53. The van der Waals surface area contributed by atoms with Crippen molar-refractivity contribution in [2.24, 2.45) is 11.7 Å². The summed E-state index contributed by atoms with van der Waals surface area (Å²) in [5, 5.41) is 11.9. The van der Waals surface area contributed by atoms with E-state index in [0.29, 0.717) is 36.8 Å². The number of nitrogens with one attached hydrogen (secondary N) is 1. The molecule has 2 atom stereocenters. The summed E-state index contributed by atoms with van der Waals surface area (Å²) < 4.78 is 58.3. The van der Waals surface area contributed by atoms with E-state index in [2.05, 4.69) is 17.2 Å². The van der Waals surface area contributed by atoms with Crippen molar-refractivity contribution in [1.82, 2.24) is 4.98 Å². The van der Waals surface area contributed by atoms with Gasteiger partial charge in [-0.15, -0.1) is 24.8 Å². The van der Waals surface area contributed by atoms with Crippen LogP contribution in [0, 0.1) is 29.2 Å². The zero-order chi connectivity index (χ0) is 24.6. The number of hydrogen-bond acceptors (Lipinski definition) is 5. The number of phenolic OH excluding ortho intramolecular Hbond substituents is 1. The van der Waals surface area contributed by atoms with E-state index in [-0.39, 0.29) is 36.5 Å². The second-order valence-corrected chi connectivity index (χ2v) is 8.42. The number of phenols is 1. The van der Waals surface area contributed by atoms with E-state index in [1.165, 1.54) is 6.20 Å². The van der Waals surface area contributed by atoms with Crippen molar-refractivity contribution >= 4 is 42.1 Å². The maximum absolute atomic E-state index is 15.3. The fourth-order valence-electron chi connectivity index (χ4n) is 4.30. The zero-order valence-corrected chi connectivity index (χ0v) is 20.6. The first kappa shape index (κ1) is 29.2. The molecule has 1 aromatic heterocycles. The molecule has 0 spiro atoms. The molecule has 4 N–H and O–H groups in total. The van der Waals surface area contributed by atoms with Gasteiger partial charge < -0.3 is 21.1 Å². The number of nitrogens with two attached hydrogens (primary N) is 1. The Morgan fingerprint density at radius 2 is 1.72 bits per heavy atom. The lowest BCUT2D eigenvalue weighted by Crippen LogP contribution is -2.46. The van der Waals surface area contributed by atoms with E-state index in [0.717, 1.165) is 18.6 Å². The third-order valence-electron chi connectivity index (χ3n) is 5.69. The van der Waals surface area contributed by atoms with Crippen LogP contribution in [-0.4, -0.2) is 35.1 Å². The van der Waals surface area contributed by atoms with Crippen LogP contribution in [0.2, 0.25) is 0 Å². The number of hydrogen-bond donors (Lipinski definition) is 3. The van der Waals surface area contributed by atoms with Crippen molar-refractivity contribution in [3.05, 3.63) is 71.6 Å². The van der Waals surface area contributed by atoms with Crippen LogP contribution in [0.5, 0.6) is 5.75 Å². The van der Waals surface area contributed by atoms with Gasteiger partial charge in [0, 0.05) is 37.5 Å². The number of anilines is 2. The fraction of sp³-hybridized carbons (Fsp3) is 0.250. The number of nitrogens with zero attached hydrogens (tertiary/aromatic N) is 2. The molecular formula is C24H24Cl2F4N4O2. The number of halogens is 6. The van der Waals surface area contributed by atoms with Gasteiger partial charge in [0.15, 0.2) is 0 Å². The topological polar surface area (TPSA) is 91.5 Å². The number of amides is 1. The smallest absolute Gasteiger partial charge is 0.258 e. The SMILES string of the molecule is C[C@@H]1C[C@H](N)CN(c2ccncc2NC(=O)c2ccc(F)c(-c3c(F)cc(O)cc3F)c2F)C1.Cl.Cl. The zero-order valence-electron chi connectivity index (χ0n) is 19.0. The molecule has 3 aromatic rings. The molecule has 6 nitrogen and oxygen atoms in total. The standard InChI is InChI=1S/C24H22F4N4O2.2ClH/c1-12-6-13(29)11-32(10-12)20-4-5-30-9-19(20)31-24(34)15-2-3-16(25)22(23(15)28)21-17(26)7-14(33)8-18(21)27;;/h2-5,7-9,12-13,33H,6,10-11,29H2,1H3,(H,31,34);2*1H/t12-,13+;;/m1../s1. The number of piperidine rings is 1. The third-order valence-corrected chi connectivity index (χ3v) is 5.69. The summed E-state index contributed by atoms with van der Waals surface area (Å²) in [6, 6.07) is 4.30. The van der Waals surface area contributed by atoms with Crippen molar-refractivity contribution in [2.45, 2.75) is 19.4 Å². The average Bonchev–Trinajstić information content (AvgIpc) is 2.75. The molecule has 36 heavy (non-hydrogen) atoms. The molecule has 1 aliphatic rings. The summed E-state index contributed by atoms with van der Waals surface area (Å²) in [7, 11) is 0. The van der Waals surface area contributed by atoms with Crippen LogP contribution in [0.4, 0.5) is 28.9 Å². The van der Waals surface area contributed by atoms with Crippen LogP contribution in [0.25, 0.3) is 11.1 Å². The van der Waals surface area contributed by atoms with Crippen molar-refractivity contribution in [3.63, 3.8) is 0 Å². The van der Waals surface area contributed by atoms with E-state index >= 15 is 4.39 Å². The van der Waals surface area contributed by atoms with Crippen molar-refractivity contribution < 1.29 is 27.5 Å². The second kappa shape index (κ2) is 11.8. The van der Waals surface area contributed by atoms with Gasteiger partial charge >= 0.3 is 0 Å². The number of rotatable bonds is 4. The molecule has 1 amide bonds. The van der Waals surface area contributed by atoms with Crippen molar-refractivity contribution in [3.8, 4) is 16.9 Å². The molecule has 0 bridgehead atoms. The molecule has 1 fully saturated rings. The van der Waals surface area contributed by atoms with Crippen LogP contribution in [0.3, 0.4) is 0 Å². The first-order chi connectivity index (χ1) is 16.2. The molecule has 2 aromatic carbocycles. The minimum Gasteiger partial charge on any atom is -0.508 e. The van der Waals surface area contributed by atoms with Gasteiger partial charge in [-0.2, -0.15) is 0 Å². The minimum absolute atomic E-state index is 0. The summed E-state index contributed by atoms with van der Waals surface area (Å²) in [6.45, 7) is 3.29. The van der Waals surface area contributed by atoms with Gasteiger partial charge in [-0.3, -0.25) is 9.78 Å². The summed E-state index contributed by atoms with van der Waals surface area (Å²) in [4.78, 5) is 18.9. The first-order valence-corrected chi connectivity index (χ1v) is 10.6. The van der Waals surface area contributed by atoms with E-state index in [1.54, 1.807) is 12.3 Å². The monoisotopic (exact) mass is 546 g/mol. The second-order valence-electron chi connectivity index (χ2n) is 8.42. The highest BCUT2D eigenvalue weighted by atomic mass is 35.5. The van der Waals surface area contributed by atoms with Gasteiger partial charge in [-0.05, 0) is 30.5 Å². The highest BCUT2D eigenvalue weighted by Crippen LogP contribution is 2.35. The lowest BCUT2D eigenvalue weighted by molar-refractivity contribution is 0.102. The van der Waals surface area contributed by atoms with E-state index < -0.39 is 51.6 Å². The molecule has 0 saturated carbocycles. The highest BCUT2D eigenvalue weighted by Gasteiger charge is 2.27. The van der Waals surface area contributed by atoms with Crippen LogP contribution >= 0.6 is 24.8 Å². The third kappa shape index (κ3) is 5.83. The molecule has 0 aliphatic carbocycles. The number of pyridine rings is 1. The number of carbonyl (C=O) groups excluding carboxylic acids is 1. The van der Waals surface area contributed by atoms with Gasteiger partial charge in [-0.1, -0.05) is 6.92 Å². The Morgan fingerprint density at radius 3 is 2.36 bits per heavy atom. The summed E-state index contributed by atoms with van der Waals surface area (Å²) in [5.41, 5.74) is 4.33. The molecule has 1 aliphatic heterocycles.